The van der Waals surface area contributed by atoms with E-state index in [1.54, 1.807) is 0 Å². The number of rotatable bonds is 4. The number of thioether (sulfide) groups is 1. The normalized spacial score (nSPS) is 11.9. The van der Waals surface area contributed by atoms with Gasteiger partial charge in [-0.15, -0.1) is 0 Å². The van der Waals surface area contributed by atoms with Crippen molar-refractivity contribution in [2.45, 2.75) is 44.7 Å². The molecule has 0 bridgehead atoms. The summed E-state index contributed by atoms with van der Waals surface area (Å²) in [5.41, 5.74) is 2.61. The average molecular weight is 282 g/mol. The number of fused-ring (bicyclic) bond motifs is 1. The first kappa shape index (κ1) is 13.8. The Balaban J connectivity index is 2.51. The van der Waals surface area contributed by atoms with E-state index in [9.17, 15) is 0 Å². The highest BCUT2D eigenvalue weighted by molar-refractivity contribution is 7.99. The average Bonchev–Trinajstić information content (AvgIpc) is 2.66. The molecule has 0 amide bonds. The molecule has 1 nitrogen and oxygen atoms in total. The van der Waals surface area contributed by atoms with Crippen molar-refractivity contribution in [3.63, 3.8) is 0 Å². The Kier molecular flexibility index (Phi) is 4.29. The van der Waals surface area contributed by atoms with Crippen molar-refractivity contribution in [1.29, 1.82) is 0 Å². The van der Waals surface area contributed by atoms with Crippen molar-refractivity contribution in [1.82, 2.24) is 4.57 Å². The van der Waals surface area contributed by atoms with Crippen LogP contribution in [0.2, 0.25) is 5.02 Å². The van der Waals surface area contributed by atoms with Crippen molar-refractivity contribution < 1.29 is 0 Å². The van der Waals surface area contributed by atoms with E-state index >= 15 is 0 Å². The molecular formula is C15H20ClNS. The quantitative estimate of drug-likeness (QED) is 0.714. The zero-order chi connectivity index (χ0) is 13.3. The van der Waals surface area contributed by atoms with Gasteiger partial charge in [-0.3, -0.25) is 0 Å². The molecule has 0 fully saturated rings. The molecule has 2 aromatic rings. The Morgan fingerprint density at radius 2 is 1.94 bits per heavy atom. The lowest BCUT2D eigenvalue weighted by molar-refractivity contribution is 0.606. The SMILES string of the molecule is CC(C)SCc1cc2c(Cl)cccc2n1C(C)C. The van der Waals surface area contributed by atoms with Gasteiger partial charge >= 0.3 is 0 Å². The molecule has 1 aromatic carbocycles. The van der Waals surface area contributed by atoms with Gasteiger partial charge in [0.1, 0.15) is 0 Å². The third kappa shape index (κ3) is 2.70. The predicted molar refractivity (Wildman–Crippen MR) is 83.8 cm³/mol. The molecule has 0 radical (unpaired) electrons. The molecule has 98 valence electrons. The van der Waals surface area contributed by atoms with Gasteiger partial charge in [-0.1, -0.05) is 31.5 Å². The van der Waals surface area contributed by atoms with Gasteiger partial charge in [0.05, 0.1) is 0 Å². The first-order valence-electron chi connectivity index (χ1n) is 6.40. The molecule has 2 rings (SSSR count). The number of hydrogen-bond donors (Lipinski definition) is 0. The molecular weight excluding hydrogens is 262 g/mol. The summed E-state index contributed by atoms with van der Waals surface area (Å²) in [6.07, 6.45) is 0. The van der Waals surface area contributed by atoms with E-state index in [-0.39, 0.29) is 0 Å². The largest absolute Gasteiger partial charge is 0.341 e. The summed E-state index contributed by atoms with van der Waals surface area (Å²) in [6.45, 7) is 8.92. The molecule has 0 atom stereocenters. The Hall–Kier alpha value is -0.600. The van der Waals surface area contributed by atoms with Crippen LogP contribution in [-0.4, -0.2) is 9.82 Å². The van der Waals surface area contributed by atoms with Crippen LogP contribution in [0.25, 0.3) is 10.9 Å². The van der Waals surface area contributed by atoms with Gasteiger partial charge < -0.3 is 4.57 Å². The van der Waals surface area contributed by atoms with Gasteiger partial charge in [0.2, 0.25) is 0 Å². The fourth-order valence-corrected chi connectivity index (χ4v) is 3.19. The predicted octanol–water partition coefficient (Wildman–Crippen LogP) is 5.52. The van der Waals surface area contributed by atoms with Crippen molar-refractivity contribution in [2.24, 2.45) is 0 Å². The van der Waals surface area contributed by atoms with E-state index in [0.717, 1.165) is 10.8 Å². The Morgan fingerprint density at radius 1 is 1.22 bits per heavy atom. The molecule has 1 heterocycles. The van der Waals surface area contributed by atoms with Gasteiger partial charge in [0.15, 0.2) is 0 Å². The van der Waals surface area contributed by atoms with Gasteiger partial charge in [-0.05, 0) is 37.3 Å². The zero-order valence-electron chi connectivity index (χ0n) is 11.4. The lowest BCUT2D eigenvalue weighted by Crippen LogP contribution is -2.05. The summed E-state index contributed by atoms with van der Waals surface area (Å²) in [5, 5.41) is 2.68. The van der Waals surface area contributed by atoms with E-state index in [1.807, 2.05) is 23.9 Å². The molecule has 1 aromatic heterocycles. The van der Waals surface area contributed by atoms with Crippen LogP contribution >= 0.6 is 23.4 Å². The minimum atomic E-state index is 0.462. The first-order valence-corrected chi connectivity index (χ1v) is 7.83. The fourth-order valence-electron chi connectivity index (χ4n) is 2.24. The minimum Gasteiger partial charge on any atom is -0.341 e. The molecule has 18 heavy (non-hydrogen) atoms. The molecule has 0 saturated heterocycles. The molecule has 0 spiro atoms. The van der Waals surface area contributed by atoms with Crippen molar-refractivity contribution in [3.05, 3.63) is 35.0 Å². The van der Waals surface area contributed by atoms with Crippen LogP contribution in [0.3, 0.4) is 0 Å². The van der Waals surface area contributed by atoms with Crippen LogP contribution in [0.1, 0.15) is 39.4 Å². The van der Waals surface area contributed by atoms with Crippen LogP contribution < -0.4 is 0 Å². The lowest BCUT2D eigenvalue weighted by Gasteiger charge is -2.15. The molecule has 3 heteroatoms. The Bertz CT molecular complexity index is 543. The Morgan fingerprint density at radius 3 is 2.56 bits per heavy atom. The fraction of sp³-hybridized carbons (Fsp3) is 0.467. The van der Waals surface area contributed by atoms with Crippen LogP contribution in [0.4, 0.5) is 0 Å². The second-order valence-electron chi connectivity index (χ2n) is 5.13. The van der Waals surface area contributed by atoms with E-state index < -0.39 is 0 Å². The highest BCUT2D eigenvalue weighted by Gasteiger charge is 2.13. The number of nitrogens with zero attached hydrogens (tertiary/aromatic N) is 1. The number of benzene rings is 1. The molecule has 0 saturated carbocycles. The van der Waals surface area contributed by atoms with E-state index in [1.165, 1.54) is 16.6 Å². The standard InChI is InChI=1S/C15H20ClNS/c1-10(2)17-12(9-18-11(3)4)8-13-14(16)6-5-7-15(13)17/h5-8,10-11H,9H2,1-4H3. The Labute approximate surface area is 119 Å². The van der Waals surface area contributed by atoms with Crippen LogP contribution in [-0.2, 0) is 5.75 Å². The second-order valence-corrected chi connectivity index (χ2v) is 7.10. The molecule has 0 N–H and O–H groups in total. The maximum absolute atomic E-state index is 6.29. The number of halogens is 1. The zero-order valence-corrected chi connectivity index (χ0v) is 13.0. The molecule has 0 unspecified atom stereocenters. The van der Waals surface area contributed by atoms with E-state index in [0.29, 0.717) is 11.3 Å². The maximum atomic E-state index is 6.29. The van der Waals surface area contributed by atoms with E-state index in [4.69, 9.17) is 11.6 Å². The van der Waals surface area contributed by atoms with Crippen molar-refractivity contribution in [3.8, 4) is 0 Å². The summed E-state index contributed by atoms with van der Waals surface area (Å²) >= 11 is 8.26. The summed E-state index contributed by atoms with van der Waals surface area (Å²) < 4.78 is 2.40. The van der Waals surface area contributed by atoms with Crippen LogP contribution in [0.5, 0.6) is 0 Å². The molecule has 0 aliphatic rings. The van der Waals surface area contributed by atoms with Crippen molar-refractivity contribution in [2.75, 3.05) is 0 Å². The summed E-state index contributed by atoms with van der Waals surface area (Å²) in [7, 11) is 0. The highest BCUT2D eigenvalue weighted by Crippen LogP contribution is 2.31. The van der Waals surface area contributed by atoms with Crippen LogP contribution in [0, 0.1) is 0 Å². The smallest absolute Gasteiger partial charge is 0.0500 e. The summed E-state index contributed by atoms with van der Waals surface area (Å²) in [6, 6.07) is 8.86. The van der Waals surface area contributed by atoms with Crippen LogP contribution in [0.15, 0.2) is 24.3 Å². The van der Waals surface area contributed by atoms with Crippen molar-refractivity contribution >= 4 is 34.3 Å². The van der Waals surface area contributed by atoms with Gasteiger partial charge in [-0.25, -0.2) is 0 Å². The molecule has 0 aliphatic heterocycles. The number of aromatic nitrogens is 1. The third-order valence-corrected chi connectivity index (χ3v) is 4.45. The highest BCUT2D eigenvalue weighted by atomic mass is 35.5. The molecule has 0 aliphatic carbocycles. The first-order chi connectivity index (χ1) is 8.50. The third-order valence-electron chi connectivity index (χ3n) is 2.99. The van der Waals surface area contributed by atoms with E-state index in [2.05, 4.69) is 44.4 Å². The topological polar surface area (TPSA) is 4.93 Å². The summed E-state index contributed by atoms with van der Waals surface area (Å²) in [4.78, 5) is 0. The second kappa shape index (κ2) is 5.58. The van der Waals surface area contributed by atoms with Gasteiger partial charge in [0, 0.05) is 33.4 Å². The monoisotopic (exact) mass is 281 g/mol. The lowest BCUT2D eigenvalue weighted by atomic mass is 10.2. The maximum Gasteiger partial charge on any atom is 0.0500 e. The van der Waals surface area contributed by atoms with Gasteiger partial charge in [-0.2, -0.15) is 11.8 Å². The summed E-state index contributed by atoms with van der Waals surface area (Å²) in [5.74, 6) is 1.04. The minimum absolute atomic E-state index is 0.462. The van der Waals surface area contributed by atoms with Gasteiger partial charge in [0.25, 0.3) is 0 Å². The number of hydrogen-bond acceptors (Lipinski definition) is 1.